The van der Waals surface area contributed by atoms with Gasteiger partial charge in [-0.3, -0.25) is 4.21 Å². The summed E-state index contributed by atoms with van der Waals surface area (Å²) in [5, 5.41) is 0. The quantitative estimate of drug-likeness (QED) is 0.669. The van der Waals surface area contributed by atoms with Crippen LogP contribution >= 0.6 is 0 Å². The van der Waals surface area contributed by atoms with Crippen molar-refractivity contribution in [3.05, 3.63) is 18.2 Å². The van der Waals surface area contributed by atoms with Crippen molar-refractivity contribution < 1.29 is 27.0 Å². The molecular formula is C7H3F2O4S-. The Labute approximate surface area is 79.7 Å². The van der Waals surface area contributed by atoms with Gasteiger partial charge in [0.15, 0.2) is 11.5 Å². The molecule has 1 unspecified atom stereocenters. The average Bonchev–Trinajstić information content (AvgIpc) is 2.36. The van der Waals surface area contributed by atoms with Gasteiger partial charge in [-0.25, -0.2) is 0 Å². The molecule has 14 heavy (non-hydrogen) atoms. The Hall–Kier alpha value is -1.21. The van der Waals surface area contributed by atoms with Crippen LogP contribution in [-0.4, -0.2) is 15.1 Å². The third-order valence-corrected chi connectivity index (χ3v) is 2.20. The Kier molecular flexibility index (Phi) is 1.93. The zero-order valence-electron chi connectivity index (χ0n) is 6.53. The minimum Gasteiger partial charge on any atom is -0.768 e. The summed E-state index contributed by atoms with van der Waals surface area (Å²) in [4.78, 5) is -0.134. The van der Waals surface area contributed by atoms with E-state index in [4.69, 9.17) is 0 Å². The van der Waals surface area contributed by atoms with Crippen molar-refractivity contribution in [1.29, 1.82) is 0 Å². The lowest BCUT2D eigenvalue weighted by Crippen LogP contribution is -2.25. The number of halogens is 2. The summed E-state index contributed by atoms with van der Waals surface area (Å²) >= 11 is -2.48. The van der Waals surface area contributed by atoms with Gasteiger partial charge >= 0.3 is 6.29 Å². The molecule has 1 atom stereocenters. The van der Waals surface area contributed by atoms with Gasteiger partial charge in [-0.15, -0.1) is 8.78 Å². The van der Waals surface area contributed by atoms with Gasteiger partial charge in [0, 0.05) is 4.90 Å². The predicted molar refractivity (Wildman–Crippen MR) is 39.8 cm³/mol. The van der Waals surface area contributed by atoms with E-state index in [2.05, 4.69) is 9.47 Å². The van der Waals surface area contributed by atoms with Crippen molar-refractivity contribution in [3.63, 3.8) is 0 Å². The minimum atomic E-state index is -3.72. The van der Waals surface area contributed by atoms with Crippen molar-refractivity contribution in [2.24, 2.45) is 0 Å². The predicted octanol–water partition coefficient (Wildman–Crippen LogP) is 1.25. The second-order valence-electron chi connectivity index (χ2n) is 2.51. The first-order valence-corrected chi connectivity index (χ1v) is 4.54. The Morgan fingerprint density at radius 1 is 1.29 bits per heavy atom. The van der Waals surface area contributed by atoms with Gasteiger partial charge in [0.1, 0.15) is 0 Å². The Morgan fingerprint density at radius 3 is 2.57 bits per heavy atom. The first-order chi connectivity index (χ1) is 6.48. The molecule has 76 valence electrons. The average molecular weight is 221 g/mol. The normalized spacial score (nSPS) is 19.4. The number of alkyl halides is 2. The monoisotopic (exact) mass is 221 g/mol. The molecule has 1 aromatic carbocycles. The van der Waals surface area contributed by atoms with Crippen LogP contribution in [0.3, 0.4) is 0 Å². The van der Waals surface area contributed by atoms with Crippen LogP contribution < -0.4 is 9.47 Å². The van der Waals surface area contributed by atoms with Crippen molar-refractivity contribution in [2.75, 3.05) is 0 Å². The van der Waals surface area contributed by atoms with E-state index in [0.717, 1.165) is 18.2 Å². The molecule has 1 aromatic rings. The molecule has 1 aliphatic rings. The van der Waals surface area contributed by atoms with E-state index in [0.29, 0.717) is 0 Å². The maximum Gasteiger partial charge on any atom is 0.586 e. The summed E-state index contributed by atoms with van der Waals surface area (Å²) in [6.45, 7) is 0. The van der Waals surface area contributed by atoms with E-state index in [9.17, 15) is 17.5 Å². The van der Waals surface area contributed by atoms with E-state index < -0.39 is 17.4 Å². The fourth-order valence-corrected chi connectivity index (χ4v) is 1.42. The van der Waals surface area contributed by atoms with Gasteiger partial charge in [-0.1, -0.05) is 0 Å². The number of rotatable bonds is 1. The van der Waals surface area contributed by atoms with Crippen LogP contribution in [0.25, 0.3) is 0 Å². The molecular weight excluding hydrogens is 218 g/mol. The van der Waals surface area contributed by atoms with E-state index in [1.54, 1.807) is 0 Å². The molecule has 1 aliphatic heterocycles. The highest BCUT2D eigenvalue weighted by Gasteiger charge is 2.43. The Bertz CT molecular complexity index is 407. The summed E-state index contributed by atoms with van der Waals surface area (Å²) in [6.07, 6.45) is -3.72. The summed E-state index contributed by atoms with van der Waals surface area (Å²) in [5.74, 6) is -0.457. The van der Waals surface area contributed by atoms with Crippen LogP contribution in [0, 0.1) is 0 Å². The summed E-state index contributed by atoms with van der Waals surface area (Å²) < 4.78 is 54.0. The molecule has 0 saturated heterocycles. The highest BCUT2D eigenvalue weighted by molar-refractivity contribution is 7.79. The number of hydrogen-bond donors (Lipinski definition) is 0. The summed E-state index contributed by atoms with van der Waals surface area (Å²) in [6, 6.07) is 3.23. The fourth-order valence-electron chi connectivity index (χ4n) is 1.03. The molecule has 4 nitrogen and oxygen atoms in total. The zero-order valence-corrected chi connectivity index (χ0v) is 7.35. The van der Waals surface area contributed by atoms with Crippen LogP contribution in [0.5, 0.6) is 11.5 Å². The third kappa shape index (κ3) is 1.55. The van der Waals surface area contributed by atoms with E-state index in [1.807, 2.05) is 0 Å². The lowest BCUT2D eigenvalue weighted by molar-refractivity contribution is -0.286. The molecule has 0 fully saturated rings. The molecule has 1 heterocycles. The van der Waals surface area contributed by atoms with Gasteiger partial charge in [-0.2, -0.15) is 0 Å². The lowest BCUT2D eigenvalue weighted by Gasteiger charge is -2.05. The van der Waals surface area contributed by atoms with Crippen molar-refractivity contribution >= 4 is 11.1 Å². The summed E-state index contributed by atoms with van der Waals surface area (Å²) in [7, 11) is 0. The van der Waals surface area contributed by atoms with Gasteiger partial charge in [0.2, 0.25) is 0 Å². The fraction of sp³-hybridized carbons (Fsp3) is 0.143. The molecule has 0 saturated carbocycles. The SMILES string of the molecule is O=S([O-])c1ccc2c(c1)OC(F)(F)O2. The second kappa shape index (κ2) is 2.89. The van der Waals surface area contributed by atoms with Crippen LogP contribution in [0.15, 0.2) is 23.1 Å². The summed E-state index contributed by atoms with van der Waals surface area (Å²) in [5.41, 5.74) is 0. The molecule has 0 aromatic heterocycles. The van der Waals surface area contributed by atoms with Crippen molar-refractivity contribution in [2.45, 2.75) is 11.2 Å². The van der Waals surface area contributed by atoms with Crippen molar-refractivity contribution in [1.82, 2.24) is 0 Å². The first kappa shape index (κ1) is 9.35. The first-order valence-electron chi connectivity index (χ1n) is 3.47. The number of hydrogen-bond acceptors (Lipinski definition) is 4. The van der Waals surface area contributed by atoms with E-state index in [1.165, 1.54) is 0 Å². The number of ether oxygens (including phenoxy) is 2. The van der Waals surface area contributed by atoms with Gasteiger partial charge in [0.25, 0.3) is 0 Å². The maximum absolute atomic E-state index is 12.5. The molecule has 0 radical (unpaired) electrons. The van der Waals surface area contributed by atoms with Crippen molar-refractivity contribution in [3.8, 4) is 11.5 Å². The molecule has 2 rings (SSSR count). The van der Waals surface area contributed by atoms with Crippen LogP contribution in [0.2, 0.25) is 0 Å². The molecule has 0 N–H and O–H groups in total. The van der Waals surface area contributed by atoms with Crippen LogP contribution in [0.4, 0.5) is 8.78 Å². The second-order valence-corrected chi connectivity index (χ2v) is 3.45. The number of fused-ring (bicyclic) bond motifs is 1. The standard InChI is InChI=1S/C7H4F2O4S/c8-7(9)12-5-2-1-4(14(10)11)3-6(5)13-7/h1-3H,(H,10,11)/p-1. The van der Waals surface area contributed by atoms with Gasteiger partial charge < -0.3 is 14.0 Å². The number of benzene rings is 1. The highest BCUT2D eigenvalue weighted by Crippen LogP contribution is 2.41. The largest absolute Gasteiger partial charge is 0.768 e. The molecule has 0 spiro atoms. The molecule has 7 heteroatoms. The van der Waals surface area contributed by atoms with E-state index in [-0.39, 0.29) is 16.4 Å². The smallest absolute Gasteiger partial charge is 0.586 e. The lowest BCUT2D eigenvalue weighted by atomic mass is 10.3. The maximum atomic E-state index is 12.5. The minimum absolute atomic E-state index is 0.134. The molecule has 0 amide bonds. The molecule has 0 bridgehead atoms. The van der Waals surface area contributed by atoms with Gasteiger partial charge in [0.05, 0.1) is 0 Å². The Morgan fingerprint density at radius 2 is 1.93 bits per heavy atom. The van der Waals surface area contributed by atoms with E-state index >= 15 is 0 Å². The van der Waals surface area contributed by atoms with Crippen LogP contribution in [0.1, 0.15) is 0 Å². The highest BCUT2D eigenvalue weighted by atomic mass is 32.2. The molecule has 0 aliphatic carbocycles. The van der Waals surface area contributed by atoms with Gasteiger partial charge in [-0.05, 0) is 29.3 Å². The Balaban J connectivity index is 2.40. The topological polar surface area (TPSA) is 58.6 Å². The van der Waals surface area contributed by atoms with Crippen LogP contribution in [-0.2, 0) is 11.1 Å². The third-order valence-electron chi connectivity index (χ3n) is 1.57. The zero-order chi connectivity index (χ0) is 10.3.